The molecule has 7 heteroatoms. The second-order valence-corrected chi connectivity index (χ2v) is 6.97. The molecule has 1 aliphatic heterocycles. The van der Waals surface area contributed by atoms with Crippen LogP contribution in [0.15, 0.2) is 23.1 Å². The summed E-state index contributed by atoms with van der Waals surface area (Å²) in [6.45, 7) is 2.04. The van der Waals surface area contributed by atoms with E-state index in [0.717, 1.165) is 19.4 Å². The van der Waals surface area contributed by atoms with Gasteiger partial charge in [0.15, 0.2) is 0 Å². The van der Waals surface area contributed by atoms with Crippen LogP contribution in [-0.2, 0) is 21.3 Å². The van der Waals surface area contributed by atoms with Crippen LogP contribution >= 0.6 is 0 Å². The molecule has 1 saturated heterocycles. The summed E-state index contributed by atoms with van der Waals surface area (Å²) in [5.41, 5.74) is 0.703. The lowest BCUT2D eigenvalue weighted by Gasteiger charge is -2.22. The van der Waals surface area contributed by atoms with E-state index < -0.39 is 15.8 Å². The molecule has 118 valence electrons. The van der Waals surface area contributed by atoms with Crippen molar-refractivity contribution in [2.75, 3.05) is 26.8 Å². The molecule has 1 unspecified atom stereocenters. The third kappa shape index (κ3) is 4.47. The summed E-state index contributed by atoms with van der Waals surface area (Å²) in [6.07, 6.45) is 1.85. The Morgan fingerprint density at radius 2 is 2.24 bits per heavy atom. The Morgan fingerprint density at radius 1 is 1.43 bits per heavy atom. The summed E-state index contributed by atoms with van der Waals surface area (Å²) in [4.78, 5) is -0.306. The topological polar surface area (TPSA) is 67.4 Å². The Morgan fingerprint density at radius 3 is 2.86 bits per heavy atom. The van der Waals surface area contributed by atoms with E-state index in [-0.39, 0.29) is 17.4 Å². The highest BCUT2D eigenvalue weighted by molar-refractivity contribution is 7.89. The van der Waals surface area contributed by atoms with Gasteiger partial charge >= 0.3 is 0 Å². The van der Waals surface area contributed by atoms with Gasteiger partial charge in [0, 0.05) is 19.7 Å². The first-order valence-corrected chi connectivity index (χ1v) is 8.51. The summed E-state index contributed by atoms with van der Waals surface area (Å²) in [6, 6.07) is 4.16. The van der Waals surface area contributed by atoms with Gasteiger partial charge < -0.3 is 10.1 Å². The Bertz CT molecular complexity index is 572. The molecular weight excluding hydrogens is 295 g/mol. The van der Waals surface area contributed by atoms with E-state index in [1.54, 1.807) is 13.1 Å². The van der Waals surface area contributed by atoms with Crippen LogP contribution < -0.4 is 10.0 Å². The largest absolute Gasteiger partial charge is 0.381 e. The minimum absolute atomic E-state index is 0.153. The average Bonchev–Trinajstić information content (AvgIpc) is 2.46. The molecule has 2 N–H and O–H groups in total. The monoisotopic (exact) mass is 316 g/mol. The van der Waals surface area contributed by atoms with Crippen molar-refractivity contribution in [1.29, 1.82) is 0 Å². The molecule has 0 saturated carbocycles. The SMILES string of the molecule is CNCc1ccc(S(=O)(=O)NCC2CCCOC2)c(F)c1. The molecule has 1 atom stereocenters. The summed E-state index contributed by atoms with van der Waals surface area (Å²) in [7, 11) is -2.08. The lowest BCUT2D eigenvalue weighted by Crippen LogP contribution is -2.33. The number of nitrogens with one attached hydrogen (secondary N) is 2. The van der Waals surface area contributed by atoms with Gasteiger partial charge in [-0.05, 0) is 43.5 Å². The average molecular weight is 316 g/mol. The number of halogens is 1. The molecule has 1 aliphatic rings. The minimum atomic E-state index is -3.82. The lowest BCUT2D eigenvalue weighted by molar-refractivity contribution is 0.0568. The Labute approximate surface area is 124 Å². The van der Waals surface area contributed by atoms with E-state index in [4.69, 9.17) is 4.74 Å². The van der Waals surface area contributed by atoms with Crippen molar-refractivity contribution in [3.63, 3.8) is 0 Å². The minimum Gasteiger partial charge on any atom is -0.381 e. The first kappa shape index (κ1) is 16.4. The normalized spacial score (nSPS) is 19.6. The van der Waals surface area contributed by atoms with Gasteiger partial charge in [0.1, 0.15) is 10.7 Å². The second kappa shape index (κ2) is 7.31. The van der Waals surface area contributed by atoms with Crippen LogP contribution in [0.2, 0.25) is 0 Å². The van der Waals surface area contributed by atoms with Gasteiger partial charge in [-0.1, -0.05) is 6.07 Å². The van der Waals surface area contributed by atoms with Gasteiger partial charge in [-0.2, -0.15) is 0 Å². The molecule has 21 heavy (non-hydrogen) atoms. The molecule has 0 radical (unpaired) electrons. The highest BCUT2D eigenvalue weighted by Gasteiger charge is 2.22. The Kier molecular flexibility index (Phi) is 5.69. The van der Waals surface area contributed by atoms with Crippen molar-refractivity contribution in [2.24, 2.45) is 5.92 Å². The highest BCUT2D eigenvalue weighted by Crippen LogP contribution is 2.18. The van der Waals surface area contributed by atoms with E-state index in [0.29, 0.717) is 18.7 Å². The maximum Gasteiger partial charge on any atom is 0.243 e. The van der Waals surface area contributed by atoms with E-state index >= 15 is 0 Å². The third-order valence-electron chi connectivity index (χ3n) is 3.48. The van der Waals surface area contributed by atoms with Crippen LogP contribution in [0, 0.1) is 11.7 Å². The van der Waals surface area contributed by atoms with Gasteiger partial charge in [-0.25, -0.2) is 17.5 Å². The van der Waals surface area contributed by atoms with Gasteiger partial charge in [-0.3, -0.25) is 0 Å². The fraction of sp³-hybridized carbons (Fsp3) is 0.571. The molecule has 0 amide bonds. The number of sulfonamides is 1. The molecular formula is C14H21FN2O3S. The third-order valence-corrected chi connectivity index (χ3v) is 4.94. The van der Waals surface area contributed by atoms with Gasteiger partial charge in [0.05, 0.1) is 6.61 Å². The van der Waals surface area contributed by atoms with Crippen LogP contribution in [0.25, 0.3) is 0 Å². The molecule has 0 bridgehead atoms. The molecule has 0 aliphatic carbocycles. The molecule has 1 aromatic rings. The number of ether oxygens (including phenoxy) is 1. The van der Waals surface area contributed by atoms with E-state index in [1.165, 1.54) is 12.1 Å². The van der Waals surface area contributed by atoms with Crippen LogP contribution in [0.1, 0.15) is 18.4 Å². The summed E-state index contributed by atoms with van der Waals surface area (Å²) in [5, 5.41) is 2.89. The van der Waals surface area contributed by atoms with Crippen LogP contribution in [0.3, 0.4) is 0 Å². The zero-order valence-corrected chi connectivity index (χ0v) is 12.9. The molecule has 1 aromatic carbocycles. The fourth-order valence-electron chi connectivity index (χ4n) is 2.35. The first-order valence-electron chi connectivity index (χ1n) is 7.03. The number of hydrogen-bond donors (Lipinski definition) is 2. The molecule has 0 spiro atoms. The van der Waals surface area contributed by atoms with Crippen molar-refractivity contribution < 1.29 is 17.5 Å². The Hall–Kier alpha value is -1.02. The predicted octanol–water partition coefficient (Wildman–Crippen LogP) is 1.25. The van der Waals surface area contributed by atoms with Crippen LogP contribution in [-0.4, -0.2) is 35.2 Å². The highest BCUT2D eigenvalue weighted by atomic mass is 32.2. The fourth-order valence-corrected chi connectivity index (χ4v) is 3.52. The molecule has 1 heterocycles. The van der Waals surface area contributed by atoms with Crippen molar-refractivity contribution in [3.05, 3.63) is 29.6 Å². The molecule has 2 rings (SSSR count). The summed E-state index contributed by atoms with van der Waals surface area (Å²) >= 11 is 0. The second-order valence-electron chi connectivity index (χ2n) is 5.23. The zero-order chi connectivity index (χ0) is 15.3. The van der Waals surface area contributed by atoms with E-state index in [2.05, 4.69) is 10.0 Å². The lowest BCUT2D eigenvalue weighted by atomic mass is 10.0. The molecule has 0 aromatic heterocycles. The van der Waals surface area contributed by atoms with E-state index in [1.807, 2.05) is 0 Å². The van der Waals surface area contributed by atoms with Gasteiger partial charge in [-0.15, -0.1) is 0 Å². The predicted molar refractivity (Wildman–Crippen MR) is 77.9 cm³/mol. The van der Waals surface area contributed by atoms with Crippen molar-refractivity contribution in [2.45, 2.75) is 24.3 Å². The Balaban J connectivity index is 2.04. The number of benzene rings is 1. The van der Waals surface area contributed by atoms with Gasteiger partial charge in [0.2, 0.25) is 10.0 Å². The maximum absolute atomic E-state index is 14.0. The summed E-state index contributed by atoms with van der Waals surface area (Å²) < 4.78 is 46.1. The van der Waals surface area contributed by atoms with E-state index in [9.17, 15) is 12.8 Å². The zero-order valence-electron chi connectivity index (χ0n) is 12.1. The standard InChI is InChI=1S/C14H21FN2O3S/c1-16-8-11-4-5-14(13(15)7-11)21(18,19)17-9-12-3-2-6-20-10-12/h4-5,7,12,16-17H,2-3,6,8-10H2,1H3. The summed E-state index contributed by atoms with van der Waals surface area (Å²) in [5.74, 6) is -0.574. The van der Waals surface area contributed by atoms with Crippen molar-refractivity contribution >= 4 is 10.0 Å². The van der Waals surface area contributed by atoms with Crippen molar-refractivity contribution in [3.8, 4) is 0 Å². The van der Waals surface area contributed by atoms with Crippen LogP contribution in [0.5, 0.6) is 0 Å². The maximum atomic E-state index is 14.0. The first-order chi connectivity index (χ1) is 10.0. The quantitative estimate of drug-likeness (QED) is 0.829. The molecule has 5 nitrogen and oxygen atoms in total. The smallest absolute Gasteiger partial charge is 0.243 e. The van der Waals surface area contributed by atoms with Gasteiger partial charge in [0.25, 0.3) is 0 Å². The number of rotatable bonds is 6. The number of hydrogen-bond acceptors (Lipinski definition) is 4. The molecule has 1 fully saturated rings. The van der Waals surface area contributed by atoms with Crippen molar-refractivity contribution in [1.82, 2.24) is 10.0 Å². The van der Waals surface area contributed by atoms with Crippen LogP contribution in [0.4, 0.5) is 4.39 Å².